The lowest BCUT2D eigenvalue weighted by atomic mass is 10.1. The lowest BCUT2D eigenvalue weighted by molar-refractivity contribution is 0.178. The first-order valence-corrected chi connectivity index (χ1v) is 6.33. The lowest BCUT2D eigenvalue weighted by Gasteiger charge is -2.17. The summed E-state index contributed by atoms with van der Waals surface area (Å²) in [5.74, 6) is 0. The van der Waals surface area contributed by atoms with Crippen LogP contribution in [0.25, 0.3) is 0 Å². The van der Waals surface area contributed by atoms with Crippen LogP contribution in [-0.2, 0) is 17.7 Å². The molecule has 1 aliphatic heterocycles. The maximum Gasteiger partial charge on any atom is 0.0474 e. The van der Waals surface area contributed by atoms with Gasteiger partial charge in [-0.15, -0.1) is 0 Å². The molecule has 1 aromatic carbocycles. The Bertz CT molecular complexity index is 365. The van der Waals surface area contributed by atoms with E-state index >= 15 is 0 Å². The molecule has 17 heavy (non-hydrogen) atoms. The van der Waals surface area contributed by atoms with Crippen LogP contribution >= 0.6 is 0 Å². The van der Waals surface area contributed by atoms with Crippen molar-refractivity contribution in [2.45, 2.75) is 19.4 Å². The minimum absolute atomic E-state index is 0.843. The number of benzene rings is 1. The van der Waals surface area contributed by atoms with E-state index in [2.05, 4.69) is 35.5 Å². The Morgan fingerprint density at radius 3 is 3.12 bits per heavy atom. The van der Waals surface area contributed by atoms with Gasteiger partial charge in [-0.1, -0.05) is 12.1 Å². The second-order valence-corrected chi connectivity index (χ2v) is 4.75. The van der Waals surface area contributed by atoms with Crippen molar-refractivity contribution in [2.75, 3.05) is 39.2 Å². The van der Waals surface area contributed by atoms with Gasteiger partial charge in [-0.2, -0.15) is 0 Å². The number of fused-ring (bicyclic) bond motifs is 1. The SMILES string of the molecule is COCCCN(C)Cc1ccc2c(c1)NCC2. The third kappa shape index (κ3) is 3.45. The largest absolute Gasteiger partial charge is 0.385 e. The third-order valence-electron chi connectivity index (χ3n) is 3.22. The van der Waals surface area contributed by atoms with Gasteiger partial charge >= 0.3 is 0 Å². The van der Waals surface area contributed by atoms with Gasteiger partial charge in [0.05, 0.1) is 0 Å². The molecule has 0 aliphatic carbocycles. The molecule has 0 saturated carbocycles. The highest BCUT2D eigenvalue weighted by Crippen LogP contribution is 2.23. The fraction of sp³-hybridized carbons (Fsp3) is 0.571. The van der Waals surface area contributed by atoms with Crippen LogP contribution in [0.2, 0.25) is 0 Å². The third-order valence-corrected chi connectivity index (χ3v) is 3.22. The number of hydrogen-bond acceptors (Lipinski definition) is 3. The monoisotopic (exact) mass is 234 g/mol. The summed E-state index contributed by atoms with van der Waals surface area (Å²) in [6.07, 6.45) is 2.26. The van der Waals surface area contributed by atoms with E-state index in [9.17, 15) is 0 Å². The number of ether oxygens (including phenoxy) is 1. The first kappa shape index (κ1) is 12.4. The first-order chi connectivity index (χ1) is 8.29. The smallest absolute Gasteiger partial charge is 0.0474 e. The molecule has 0 unspecified atom stereocenters. The van der Waals surface area contributed by atoms with Crippen molar-refractivity contribution in [3.8, 4) is 0 Å². The average Bonchev–Trinajstić information content (AvgIpc) is 2.76. The van der Waals surface area contributed by atoms with Gasteiger partial charge in [0.15, 0.2) is 0 Å². The molecular formula is C14H22N2O. The summed E-state index contributed by atoms with van der Waals surface area (Å²) in [7, 11) is 3.92. The Hall–Kier alpha value is -1.06. The van der Waals surface area contributed by atoms with Crippen molar-refractivity contribution in [3.63, 3.8) is 0 Å². The normalized spacial score (nSPS) is 13.8. The van der Waals surface area contributed by atoms with E-state index in [0.29, 0.717) is 0 Å². The molecule has 1 aliphatic rings. The second kappa shape index (κ2) is 6.03. The van der Waals surface area contributed by atoms with Crippen molar-refractivity contribution >= 4 is 5.69 Å². The summed E-state index contributed by atoms with van der Waals surface area (Å²) in [6, 6.07) is 6.79. The topological polar surface area (TPSA) is 24.5 Å². The molecule has 0 bridgehead atoms. The van der Waals surface area contributed by atoms with Crippen molar-refractivity contribution in [1.29, 1.82) is 0 Å². The van der Waals surface area contributed by atoms with E-state index in [1.54, 1.807) is 7.11 Å². The van der Waals surface area contributed by atoms with Crippen LogP contribution in [0.15, 0.2) is 18.2 Å². The summed E-state index contributed by atoms with van der Waals surface area (Å²) in [4.78, 5) is 2.34. The summed E-state index contributed by atoms with van der Waals surface area (Å²) >= 11 is 0. The number of methoxy groups -OCH3 is 1. The molecule has 0 aromatic heterocycles. The average molecular weight is 234 g/mol. The molecule has 2 rings (SSSR count). The Labute approximate surface area is 104 Å². The van der Waals surface area contributed by atoms with Crippen LogP contribution < -0.4 is 5.32 Å². The molecule has 0 spiro atoms. The number of nitrogens with zero attached hydrogens (tertiary/aromatic N) is 1. The van der Waals surface area contributed by atoms with Gasteiger partial charge in [-0.05, 0) is 37.1 Å². The number of nitrogens with one attached hydrogen (secondary N) is 1. The molecule has 0 amide bonds. The van der Waals surface area contributed by atoms with Gasteiger partial charge < -0.3 is 15.0 Å². The molecule has 1 N–H and O–H groups in total. The minimum Gasteiger partial charge on any atom is -0.385 e. The van der Waals surface area contributed by atoms with Crippen LogP contribution in [0, 0.1) is 0 Å². The van der Waals surface area contributed by atoms with E-state index in [-0.39, 0.29) is 0 Å². The molecule has 0 fully saturated rings. The number of anilines is 1. The zero-order valence-electron chi connectivity index (χ0n) is 10.8. The fourth-order valence-electron chi connectivity index (χ4n) is 2.31. The molecule has 0 atom stereocenters. The Morgan fingerprint density at radius 2 is 2.29 bits per heavy atom. The highest BCUT2D eigenvalue weighted by atomic mass is 16.5. The van der Waals surface area contributed by atoms with Gasteiger partial charge in [0.1, 0.15) is 0 Å². The second-order valence-electron chi connectivity index (χ2n) is 4.75. The molecule has 3 nitrogen and oxygen atoms in total. The summed E-state index contributed by atoms with van der Waals surface area (Å²) in [5, 5.41) is 3.43. The van der Waals surface area contributed by atoms with Crippen molar-refractivity contribution < 1.29 is 4.74 Å². The predicted octanol–water partition coefficient (Wildman–Crippen LogP) is 2.12. The van der Waals surface area contributed by atoms with Crippen LogP contribution in [0.5, 0.6) is 0 Å². The maximum atomic E-state index is 5.07. The Kier molecular flexibility index (Phi) is 4.40. The fourth-order valence-corrected chi connectivity index (χ4v) is 2.31. The van der Waals surface area contributed by atoms with E-state index in [1.807, 2.05) is 0 Å². The van der Waals surface area contributed by atoms with E-state index < -0.39 is 0 Å². The summed E-state index contributed by atoms with van der Waals surface area (Å²) < 4.78 is 5.07. The van der Waals surface area contributed by atoms with Gasteiger partial charge in [0.2, 0.25) is 0 Å². The van der Waals surface area contributed by atoms with Gasteiger partial charge in [0, 0.05) is 39.0 Å². The predicted molar refractivity (Wildman–Crippen MR) is 71.5 cm³/mol. The van der Waals surface area contributed by atoms with Crippen molar-refractivity contribution in [3.05, 3.63) is 29.3 Å². The highest BCUT2D eigenvalue weighted by Gasteiger charge is 2.10. The van der Waals surface area contributed by atoms with Gasteiger partial charge in [-0.3, -0.25) is 0 Å². The van der Waals surface area contributed by atoms with Crippen LogP contribution in [-0.4, -0.2) is 38.8 Å². The zero-order chi connectivity index (χ0) is 12.1. The first-order valence-electron chi connectivity index (χ1n) is 6.33. The number of rotatable bonds is 6. The van der Waals surface area contributed by atoms with Crippen molar-refractivity contribution in [2.24, 2.45) is 0 Å². The molecule has 1 heterocycles. The minimum atomic E-state index is 0.843. The van der Waals surface area contributed by atoms with Crippen molar-refractivity contribution in [1.82, 2.24) is 4.90 Å². The van der Waals surface area contributed by atoms with E-state index in [0.717, 1.165) is 32.7 Å². The quantitative estimate of drug-likeness (QED) is 0.763. The molecule has 1 aromatic rings. The molecular weight excluding hydrogens is 212 g/mol. The highest BCUT2D eigenvalue weighted by molar-refractivity contribution is 5.56. The maximum absolute atomic E-state index is 5.07. The van der Waals surface area contributed by atoms with Gasteiger partial charge in [-0.25, -0.2) is 0 Å². The van der Waals surface area contributed by atoms with E-state index in [4.69, 9.17) is 4.74 Å². The van der Waals surface area contributed by atoms with E-state index in [1.165, 1.54) is 23.2 Å². The number of hydrogen-bond donors (Lipinski definition) is 1. The van der Waals surface area contributed by atoms with Gasteiger partial charge in [0.25, 0.3) is 0 Å². The van der Waals surface area contributed by atoms with Crippen LogP contribution in [0.1, 0.15) is 17.5 Å². The van der Waals surface area contributed by atoms with Crippen LogP contribution in [0.4, 0.5) is 5.69 Å². The molecule has 0 saturated heterocycles. The summed E-state index contributed by atoms with van der Waals surface area (Å²) in [5.41, 5.74) is 4.17. The molecule has 3 heteroatoms. The van der Waals surface area contributed by atoms with Crippen LogP contribution in [0.3, 0.4) is 0 Å². The Morgan fingerprint density at radius 1 is 1.41 bits per heavy atom. The molecule has 94 valence electrons. The summed E-state index contributed by atoms with van der Waals surface area (Å²) in [6.45, 7) is 4.02. The zero-order valence-corrected chi connectivity index (χ0v) is 10.8. The molecule has 0 radical (unpaired) electrons. The lowest BCUT2D eigenvalue weighted by Crippen LogP contribution is -2.20. The Balaban J connectivity index is 1.86. The standard InChI is InChI=1S/C14H22N2O/c1-16(8-3-9-17-2)11-12-4-5-13-6-7-15-14(13)10-12/h4-5,10,15H,3,6-9,11H2,1-2H3.